The summed E-state index contributed by atoms with van der Waals surface area (Å²) in [7, 11) is -0.712. The Bertz CT molecular complexity index is 1060. The zero-order valence-corrected chi connectivity index (χ0v) is 20.9. The van der Waals surface area contributed by atoms with E-state index in [0.717, 1.165) is 16.1 Å². The Balaban J connectivity index is 2.43. The van der Waals surface area contributed by atoms with E-state index in [1.54, 1.807) is 56.5 Å². The van der Waals surface area contributed by atoms with E-state index in [1.807, 2.05) is 6.07 Å². The molecule has 0 heterocycles. The zero-order chi connectivity index (χ0) is 23.9. The molecule has 1 atom stereocenters. The van der Waals surface area contributed by atoms with Gasteiger partial charge in [0.1, 0.15) is 18.3 Å². The number of likely N-dealkylation sites (N-methyl/N-ethyl adjacent to an activating group) is 1. The molecule has 0 aromatic heterocycles. The van der Waals surface area contributed by atoms with Crippen LogP contribution in [0.3, 0.4) is 0 Å². The lowest BCUT2D eigenvalue weighted by molar-refractivity contribution is -0.140. The highest BCUT2D eigenvalue weighted by atomic mass is 79.9. The quantitative estimate of drug-likeness (QED) is 0.514. The number of methoxy groups -OCH3 is 1. The SMILES string of the molecule is CC[C@@H](C(=O)NC)N(Cc1cccc(OC)c1)C(=O)CN(c1cccc(Br)c1)S(C)(=O)=O. The molecule has 8 nitrogen and oxygen atoms in total. The number of sulfonamides is 1. The number of carbonyl (C=O) groups is 2. The molecule has 0 unspecified atom stereocenters. The van der Waals surface area contributed by atoms with Gasteiger partial charge >= 0.3 is 0 Å². The maximum Gasteiger partial charge on any atom is 0.244 e. The number of halogens is 1. The first kappa shape index (κ1) is 25.7. The van der Waals surface area contributed by atoms with Crippen molar-refractivity contribution in [3.8, 4) is 5.75 Å². The molecular weight excluding hydrogens is 498 g/mol. The lowest BCUT2D eigenvalue weighted by atomic mass is 10.1. The Morgan fingerprint density at radius 1 is 1.16 bits per heavy atom. The first-order valence-electron chi connectivity index (χ1n) is 9.98. The molecule has 174 valence electrons. The van der Waals surface area contributed by atoms with E-state index >= 15 is 0 Å². The fourth-order valence-corrected chi connectivity index (χ4v) is 4.53. The molecule has 0 spiro atoms. The maximum atomic E-state index is 13.4. The third kappa shape index (κ3) is 6.70. The predicted molar refractivity (Wildman–Crippen MR) is 128 cm³/mol. The van der Waals surface area contributed by atoms with Crippen LogP contribution in [0.2, 0.25) is 0 Å². The van der Waals surface area contributed by atoms with Crippen LogP contribution in [0, 0.1) is 0 Å². The molecule has 1 N–H and O–H groups in total. The molecule has 0 aliphatic heterocycles. The van der Waals surface area contributed by atoms with Crippen molar-refractivity contribution in [3.05, 3.63) is 58.6 Å². The lowest BCUT2D eigenvalue weighted by Crippen LogP contribution is -2.51. The molecule has 0 bridgehead atoms. The van der Waals surface area contributed by atoms with Gasteiger partial charge in [0.2, 0.25) is 21.8 Å². The average Bonchev–Trinajstić information content (AvgIpc) is 2.76. The maximum absolute atomic E-state index is 13.4. The summed E-state index contributed by atoms with van der Waals surface area (Å²) >= 11 is 3.33. The molecule has 2 aromatic rings. The molecule has 0 radical (unpaired) electrons. The van der Waals surface area contributed by atoms with Crippen LogP contribution < -0.4 is 14.4 Å². The summed E-state index contributed by atoms with van der Waals surface area (Å²) in [5.41, 5.74) is 1.11. The van der Waals surface area contributed by atoms with Gasteiger partial charge in [0, 0.05) is 18.1 Å². The Morgan fingerprint density at radius 3 is 2.41 bits per heavy atom. The Kier molecular flexibility index (Phi) is 9.09. The van der Waals surface area contributed by atoms with Gasteiger partial charge in [-0.15, -0.1) is 0 Å². The number of amides is 2. The number of benzene rings is 2. The smallest absolute Gasteiger partial charge is 0.244 e. The van der Waals surface area contributed by atoms with Crippen LogP contribution in [-0.2, 0) is 26.2 Å². The summed E-state index contributed by atoms with van der Waals surface area (Å²) in [6.45, 7) is 1.49. The minimum Gasteiger partial charge on any atom is -0.497 e. The van der Waals surface area contributed by atoms with Crippen molar-refractivity contribution in [2.75, 3.05) is 31.3 Å². The first-order valence-corrected chi connectivity index (χ1v) is 12.6. The highest BCUT2D eigenvalue weighted by Crippen LogP contribution is 2.23. The van der Waals surface area contributed by atoms with E-state index < -0.39 is 28.5 Å². The summed E-state index contributed by atoms with van der Waals surface area (Å²) in [6.07, 6.45) is 1.41. The molecule has 0 saturated carbocycles. The second kappa shape index (κ2) is 11.3. The van der Waals surface area contributed by atoms with Gasteiger partial charge in [-0.25, -0.2) is 8.42 Å². The summed E-state index contributed by atoms with van der Waals surface area (Å²) in [6, 6.07) is 13.1. The van der Waals surface area contributed by atoms with Crippen molar-refractivity contribution in [1.82, 2.24) is 10.2 Å². The number of nitrogens with zero attached hydrogens (tertiary/aromatic N) is 2. The highest BCUT2D eigenvalue weighted by molar-refractivity contribution is 9.10. The summed E-state index contributed by atoms with van der Waals surface area (Å²) in [5, 5.41) is 2.59. The van der Waals surface area contributed by atoms with Crippen LogP contribution in [0.4, 0.5) is 5.69 Å². The number of rotatable bonds is 10. The Morgan fingerprint density at radius 2 is 1.84 bits per heavy atom. The van der Waals surface area contributed by atoms with Gasteiger partial charge in [0.05, 0.1) is 19.1 Å². The molecule has 2 amide bonds. The third-order valence-corrected chi connectivity index (χ3v) is 6.53. The molecule has 10 heteroatoms. The molecule has 0 fully saturated rings. The highest BCUT2D eigenvalue weighted by Gasteiger charge is 2.31. The van der Waals surface area contributed by atoms with E-state index in [9.17, 15) is 18.0 Å². The number of nitrogens with one attached hydrogen (secondary N) is 1. The van der Waals surface area contributed by atoms with Crippen LogP contribution in [0.5, 0.6) is 5.75 Å². The number of ether oxygens (including phenoxy) is 1. The second-order valence-corrected chi connectivity index (χ2v) is 9.98. The van der Waals surface area contributed by atoms with Crippen molar-refractivity contribution in [2.45, 2.75) is 25.9 Å². The molecular formula is C22H28BrN3O5S. The van der Waals surface area contributed by atoms with Crippen molar-refractivity contribution in [3.63, 3.8) is 0 Å². The largest absolute Gasteiger partial charge is 0.497 e. The van der Waals surface area contributed by atoms with Gasteiger partial charge in [-0.3, -0.25) is 13.9 Å². The fraction of sp³-hybridized carbons (Fsp3) is 0.364. The number of hydrogen-bond acceptors (Lipinski definition) is 5. The second-order valence-electron chi connectivity index (χ2n) is 7.16. The molecule has 0 aliphatic rings. The van der Waals surface area contributed by atoms with Crippen molar-refractivity contribution in [2.24, 2.45) is 0 Å². The van der Waals surface area contributed by atoms with Gasteiger partial charge in [-0.1, -0.05) is 41.1 Å². The van der Waals surface area contributed by atoms with Gasteiger partial charge < -0.3 is 15.0 Å². The normalized spacial score (nSPS) is 12.0. The Labute approximate surface area is 197 Å². The summed E-state index contributed by atoms with van der Waals surface area (Å²) < 4.78 is 32.0. The minimum atomic E-state index is -3.76. The third-order valence-electron chi connectivity index (χ3n) is 4.89. The Hall–Kier alpha value is -2.59. The van der Waals surface area contributed by atoms with Crippen LogP contribution in [0.15, 0.2) is 53.0 Å². The molecule has 2 rings (SSSR count). The van der Waals surface area contributed by atoms with Gasteiger partial charge in [-0.2, -0.15) is 0 Å². The van der Waals surface area contributed by atoms with Crippen molar-refractivity contribution >= 4 is 43.5 Å². The monoisotopic (exact) mass is 525 g/mol. The van der Waals surface area contributed by atoms with Gasteiger partial charge in [-0.05, 0) is 42.3 Å². The van der Waals surface area contributed by atoms with E-state index in [-0.39, 0.29) is 12.5 Å². The van der Waals surface area contributed by atoms with Crippen LogP contribution >= 0.6 is 15.9 Å². The van der Waals surface area contributed by atoms with E-state index in [1.165, 1.54) is 11.9 Å². The zero-order valence-electron chi connectivity index (χ0n) is 18.5. The standard InChI is InChI=1S/C22H28BrN3O5S/c1-5-20(22(28)24-2)25(14-16-8-6-11-19(12-16)31-3)21(27)15-26(32(4,29)30)18-10-7-9-17(23)13-18/h6-13,20H,5,14-15H2,1-4H3,(H,24,28)/t20-/m0/s1. The van der Waals surface area contributed by atoms with Gasteiger partial charge in [0.25, 0.3) is 0 Å². The number of hydrogen-bond donors (Lipinski definition) is 1. The van der Waals surface area contributed by atoms with Crippen LogP contribution in [-0.4, -0.2) is 58.1 Å². The van der Waals surface area contributed by atoms with Crippen molar-refractivity contribution in [1.29, 1.82) is 0 Å². The number of anilines is 1. The lowest BCUT2D eigenvalue weighted by Gasteiger charge is -2.32. The molecule has 0 aliphatic carbocycles. The van der Waals surface area contributed by atoms with E-state index in [4.69, 9.17) is 4.74 Å². The fourth-order valence-electron chi connectivity index (χ4n) is 3.30. The van der Waals surface area contributed by atoms with Crippen molar-refractivity contribution < 1.29 is 22.7 Å². The number of carbonyl (C=O) groups excluding carboxylic acids is 2. The summed E-state index contributed by atoms with van der Waals surface area (Å²) in [4.78, 5) is 27.4. The van der Waals surface area contributed by atoms with E-state index in [2.05, 4.69) is 21.2 Å². The van der Waals surface area contributed by atoms with Crippen LogP contribution in [0.1, 0.15) is 18.9 Å². The topological polar surface area (TPSA) is 96.0 Å². The average molecular weight is 526 g/mol. The van der Waals surface area contributed by atoms with Crippen LogP contribution in [0.25, 0.3) is 0 Å². The minimum absolute atomic E-state index is 0.123. The first-order chi connectivity index (χ1) is 15.1. The molecule has 2 aromatic carbocycles. The van der Waals surface area contributed by atoms with Gasteiger partial charge in [0.15, 0.2) is 0 Å². The summed E-state index contributed by atoms with van der Waals surface area (Å²) in [5.74, 6) is -0.194. The predicted octanol–water partition coefficient (Wildman–Crippen LogP) is 2.78. The van der Waals surface area contributed by atoms with E-state index in [0.29, 0.717) is 22.3 Å². The molecule has 32 heavy (non-hydrogen) atoms. The molecule has 0 saturated heterocycles.